The third-order valence-electron chi connectivity index (χ3n) is 8.53. The van der Waals surface area contributed by atoms with Gasteiger partial charge >= 0.3 is 5.97 Å². The summed E-state index contributed by atoms with van der Waals surface area (Å²) in [6, 6.07) is 9.38. The topological polar surface area (TPSA) is 74.3 Å². The van der Waals surface area contributed by atoms with Crippen molar-refractivity contribution in [3.63, 3.8) is 0 Å². The van der Waals surface area contributed by atoms with Crippen LogP contribution in [0.25, 0.3) is 5.57 Å². The monoisotopic (exact) mass is 659 g/mol. The van der Waals surface area contributed by atoms with Crippen LogP contribution in [0, 0.1) is 11.6 Å². The zero-order valence-corrected chi connectivity index (χ0v) is 28.0. The Morgan fingerprint density at radius 2 is 1.60 bits per heavy atom. The van der Waals surface area contributed by atoms with Crippen molar-refractivity contribution in [3.8, 4) is 0 Å². The van der Waals surface area contributed by atoms with E-state index >= 15 is 13.2 Å². The largest absolute Gasteiger partial charge is 0.464 e. The van der Waals surface area contributed by atoms with Crippen LogP contribution in [-0.2, 0) is 30.2 Å². The van der Waals surface area contributed by atoms with E-state index in [1.807, 2.05) is 36.1 Å². The lowest BCUT2D eigenvalue weighted by Gasteiger charge is -2.44. The normalized spacial score (nSPS) is 17.9. The first-order valence-corrected chi connectivity index (χ1v) is 16.7. The molecule has 0 radical (unpaired) electrons. The van der Waals surface area contributed by atoms with Gasteiger partial charge in [0.05, 0.1) is 39.1 Å². The number of benzene rings is 2. The van der Waals surface area contributed by atoms with E-state index in [0.717, 1.165) is 47.2 Å². The number of halogens is 3. The van der Waals surface area contributed by atoms with Crippen molar-refractivity contribution in [3.05, 3.63) is 75.9 Å². The molecule has 2 aromatic rings. The number of unbranched alkanes of at least 4 members (excludes halogenated alkanes) is 2. The summed E-state index contributed by atoms with van der Waals surface area (Å²) in [5, 5.41) is 0. The molecule has 0 aromatic heterocycles. The van der Waals surface area contributed by atoms with Gasteiger partial charge in [0.25, 0.3) is 0 Å². The second kappa shape index (κ2) is 17.4. The molecule has 1 aliphatic carbocycles. The number of nitrogens with zero attached hydrogens (tertiary/aromatic N) is 1. The summed E-state index contributed by atoms with van der Waals surface area (Å²) in [5.74, 6) is -2.28. The minimum Gasteiger partial charge on any atom is -0.464 e. The molecule has 2 atom stereocenters. The molecule has 4 rings (SSSR count). The Hall–Kier alpha value is -3.05. The molecule has 0 bridgehead atoms. The lowest BCUT2D eigenvalue weighted by molar-refractivity contribution is -0.149. The highest BCUT2D eigenvalue weighted by molar-refractivity contribution is 5.96. The standard InChI is InChI=1S/C37H48F3NO6/c1-5-47-34(43)23-46-18-17-45-16-15-44-14-10-6-7-13-33(42)27-21-31(38)35(32(39)22-27)36-30-20-26-11-8-9-12-28(26)29(30)19-25(2)41(36)24-37(3,4)40/h8-9,11-12,21-22,25,36H,5-7,10,13-20,23-24H2,1-4H3/t25-,36+/m1/s1. The van der Waals surface area contributed by atoms with Gasteiger partial charge in [0.15, 0.2) is 5.78 Å². The molecule has 0 N–H and O–H groups in total. The molecule has 0 saturated carbocycles. The molecule has 47 heavy (non-hydrogen) atoms. The summed E-state index contributed by atoms with van der Waals surface area (Å²) < 4.78 is 67.7. The van der Waals surface area contributed by atoms with Crippen LogP contribution in [-0.4, -0.2) is 81.2 Å². The number of ether oxygens (including phenoxy) is 4. The van der Waals surface area contributed by atoms with Crippen molar-refractivity contribution in [1.82, 2.24) is 4.90 Å². The molecule has 7 nitrogen and oxygen atoms in total. The average molecular weight is 660 g/mol. The molecule has 0 unspecified atom stereocenters. The number of alkyl halides is 1. The van der Waals surface area contributed by atoms with Gasteiger partial charge in [0, 0.05) is 36.7 Å². The first-order chi connectivity index (χ1) is 22.5. The van der Waals surface area contributed by atoms with Crippen molar-refractivity contribution in [2.75, 3.05) is 52.8 Å². The molecular formula is C37H48F3NO6. The van der Waals surface area contributed by atoms with Crippen LogP contribution in [0.5, 0.6) is 0 Å². The summed E-state index contributed by atoms with van der Waals surface area (Å²) in [5.41, 5.74) is 2.51. The van der Waals surface area contributed by atoms with Gasteiger partial charge in [0.2, 0.25) is 0 Å². The number of ketones is 1. The molecule has 2 aliphatic rings. The van der Waals surface area contributed by atoms with Gasteiger partial charge in [-0.25, -0.2) is 18.0 Å². The maximum Gasteiger partial charge on any atom is 0.332 e. The van der Waals surface area contributed by atoms with Crippen LogP contribution in [0.15, 0.2) is 42.0 Å². The summed E-state index contributed by atoms with van der Waals surface area (Å²) >= 11 is 0. The van der Waals surface area contributed by atoms with Gasteiger partial charge in [-0.1, -0.05) is 30.7 Å². The first kappa shape index (κ1) is 36.8. The molecule has 258 valence electrons. The SMILES string of the molecule is CCOC(=O)COCCOCCOCCCCCC(=O)c1cc(F)c([C@@H]2C3=C(C[C@@H](C)N2CC(C)(C)F)c2ccccc2C3)c(F)c1. The number of carbonyl (C=O) groups is 2. The van der Waals surface area contributed by atoms with Crippen molar-refractivity contribution in [1.29, 1.82) is 0 Å². The molecule has 0 saturated heterocycles. The highest BCUT2D eigenvalue weighted by Crippen LogP contribution is 2.50. The molecular weight excluding hydrogens is 611 g/mol. The maximum atomic E-state index is 15.9. The number of Topliss-reactive ketones (excluding diaryl/α,β-unsaturated/α-hetero) is 1. The van der Waals surface area contributed by atoms with Crippen LogP contribution in [0.4, 0.5) is 13.2 Å². The Morgan fingerprint density at radius 3 is 2.28 bits per heavy atom. The molecule has 0 amide bonds. The van der Waals surface area contributed by atoms with Crippen molar-refractivity contribution in [2.24, 2.45) is 0 Å². The maximum absolute atomic E-state index is 15.9. The lowest BCUT2D eigenvalue weighted by Crippen LogP contribution is -2.47. The molecule has 0 spiro atoms. The van der Waals surface area contributed by atoms with Crippen molar-refractivity contribution >= 4 is 17.3 Å². The summed E-state index contributed by atoms with van der Waals surface area (Å²) in [6.45, 7) is 8.84. The molecule has 2 aromatic carbocycles. The molecule has 0 fully saturated rings. The second-order valence-corrected chi connectivity index (χ2v) is 12.9. The average Bonchev–Trinajstić information content (AvgIpc) is 3.37. The second-order valence-electron chi connectivity index (χ2n) is 12.9. The van der Waals surface area contributed by atoms with E-state index in [0.29, 0.717) is 52.3 Å². The highest BCUT2D eigenvalue weighted by Gasteiger charge is 2.43. The molecule has 1 heterocycles. The van der Waals surface area contributed by atoms with Crippen molar-refractivity contribution in [2.45, 2.75) is 84.0 Å². The van der Waals surface area contributed by atoms with E-state index in [9.17, 15) is 9.59 Å². The fourth-order valence-corrected chi connectivity index (χ4v) is 6.46. The van der Waals surface area contributed by atoms with Gasteiger partial charge in [-0.2, -0.15) is 0 Å². The van der Waals surface area contributed by atoms with Gasteiger partial charge < -0.3 is 18.9 Å². The number of carbonyl (C=O) groups excluding carboxylic acids is 2. The van der Waals surface area contributed by atoms with Crippen molar-refractivity contribution < 1.29 is 41.7 Å². The molecule has 1 aliphatic heterocycles. The van der Waals surface area contributed by atoms with Crippen LogP contribution in [0.3, 0.4) is 0 Å². The Kier molecular flexibility index (Phi) is 13.6. The van der Waals surface area contributed by atoms with E-state index in [-0.39, 0.29) is 49.1 Å². The Bertz CT molecular complexity index is 1380. The summed E-state index contributed by atoms with van der Waals surface area (Å²) in [4.78, 5) is 26.0. The smallest absolute Gasteiger partial charge is 0.332 e. The Labute approximate surface area is 276 Å². The number of hydrogen-bond acceptors (Lipinski definition) is 7. The Morgan fingerprint density at radius 1 is 0.936 bits per heavy atom. The minimum atomic E-state index is -1.57. The minimum absolute atomic E-state index is 0.00789. The third-order valence-corrected chi connectivity index (χ3v) is 8.53. The van der Waals surface area contributed by atoms with E-state index < -0.39 is 29.3 Å². The first-order valence-electron chi connectivity index (χ1n) is 16.7. The van der Waals surface area contributed by atoms with Gasteiger partial charge in [0.1, 0.15) is 23.9 Å². The lowest BCUT2D eigenvalue weighted by atomic mass is 9.83. The summed E-state index contributed by atoms with van der Waals surface area (Å²) in [7, 11) is 0. The number of fused-ring (bicyclic) bond motifs is 2. The number of esters is 1. The van der Waals surface area contributed by atoms with E-state index in [1.165, 1.54) is 13.8 Å². The van der Waals surface area contributed by atoms with Gasteiger partial charge in [-0.05, 0) is 87.8 Å². The van der Waals surface area contributed by atoms with Crippen LogP contribution < -0.4 is 0 Å². The van der Waals surface area contributed by atoms with Gasteiger partial charge in [-0.3, -0.25) is 9.69 Å². The Balaban J connectivity index is 1.27. The zero-order valence-electron chi connectivity index (χ0n) is 28.0. The van der Waals surface area contributed by atoms with Gasteiger partial charge in [-0.15, -0.1) is 0 Å². The fourth-order valence-electron chi connectivity index (χ4n) is 6.46. The quantitative estimate of drug-likeness (QED) is 0.0897. The third kappa shape index (κ3) is 10.2. The fraction of sp³-hybridized carbons (Fsp3) is 0.568. The predicted molar refractivity (Wildman–Crippen MR) is 174 cm³/mol. The molecule has 10 heteroatoms. The predicted octanol–water partition coefficient (Wildman–Crippen LogP) is 7.21. The number of rotatable bonds is 19. The van der Waals surface area contributed by atoms with Crippen LogP contribution in [0.2, 0.25) is 0 Å². The van der Waals surface area contributed by atoms with Crippen LogP contribution in [0.1, 0.15) is 92.9 Å². The van der Waals surface area contributed by atoms with E-state index in [2.05, 4.69) is 0 Å². The zero-order chi connectivity index (χ0) is 34.0. The van der Waals surface area contributed by atoms with E-state index in [1.54, 1.807) is 6.92 Å². The summed E-state index contributed by atoms with van der Waals surface area (Å²) in [6.07, 6.45) is 3.42. The highest BCUT2D eigenvalue weighted by atomic mass is 19.1. The van der Waals surface area contributed by atoms with E-state index in [4.69, 9.17) is 18.9 Å². The van der Waals surface area contributed by atoms with Crippen LogP contribution >= 0.6 is 0 Å². The number of hydrogen-bond donors (Lipinski definition) is 0.